The number of carbonyl (C=O) groups excluding carboxylic acids is 1. The van der Waals surface area contributed by atoms with Crippen LogP contribution >= 0.6 is 11.6 Å². The third-order valence-electron chi connectivity index (χ3n) is 3.86. The number of amides is 1. The molecule has 0 spiro atoms. The van der Waals surface area contributed by atoms with Crippen LogP contribution in [0.3, 0.4) is 0 Å². The average Bonchev–Trinajstić information content (AvgIpc) is 2.93. The number of rotatable bonds is 6. The van der Waals surface area contributed by atoms with E-state index in [1.807, 2.05) is 24.3 Å². The number of fused-ring (bicyclic) bond motifs is 1. The minimum atomic E-state index is -0.505. The number of nitrogens with one attached hydrogen (secondary N) is 1. The molecule has 2 aromatic carbocycles. The highest BCUT2D eigenvalue weighted by Crippen LogP contribution is 2.19. The van der Waals surface area contributed by atoms with Crippen molar-refractivity contribution in [3.8, 4) is 5.75 Å². The molecule has 1 N–H and O–H groups in total. The summed E-state index contributed by atoms with van der Waals surface area (Å²) in [6, 6.07) is 12.4. The maximum atomic E-state index is 12.1. The van der Waals surface area contributed by atoms with Crippen molar-refractivity contribution in [1.29, 1.82) is 0 Å². The third kappa shape index (κ3) is 3.85. The van der Waals surface area contributed by atoms with Crippen LogP contribution in [-0.4, -0.2) is 17.6 Å². The molecule has 1 amide bonds. The Morgan fingerprint density at radius 1 is 1.28 bits per heavy atom. The molecule has 0 radical (unpaired) electrons. The molecule has 0 atom stereocenters. The Morgan fingerprint density at radius 2 is 2.08 bits per heavy atom. The fourth-order valence-corrected chi connectivity index (χ4v) is 2.76. The van der Waals surface area contributed by atoms with E-state index >= 15 is 0 Å². The van der Waals surface area contributed by atoms with Gasteiger partial charge in [-0.05, 0) is 24.3 Å². The zero-order valence-electron chi connectivity index (χ0n) is 13.6. The second kappa shape index (κ2) is 7.44. The van der Waals surface area contributed by atoms with Crippen LogP contribution < -0.4 is 15.8 Å². The van der Waals surface area contributed by atoms with Gasteiger partial charge in [0.05, 0.1) is 12.6 Å². The standard InChI is InChI=1S/C18H17ClN2O4/c1-24-15-5-3-2-4-12(15)11-20-17(22)8-9-21-14-10-13(19)6-7-16(14)25-18(21)23/h2-7,10H,8-9,11H2,1H3,(H,20,22). The second-order valence-corrected chi connectivity index (χ2v) is 5.91. The summed E-state index contributed by atoms with van der Waals surface area (Å²) in [5.41, 5.74) is 1.91. The van der Waals surface area contributed by atoms with E-state index in [0.717, 1.165) is 11.3 Å². The number of hydrogen-bond acceptors (Lipinski definition) is 4. The minimum Gasteiger partial charge on any atom is -0.496 e. The maximum Gasteiger partial charge on any atom is 0.419 e. The molecule has 3 aromatic rings. The van der Waals surface area contributed by atoms with E-state index in [-0.39, 0.29) is 18.9 Å². The lowest BCUT2D eigenvalue weighted by Gasteiger charge is -2.09. The molecule has 0 saturated carbocycles. The summed E-state index contributed by atoms with van der Waals surface area (Å²) in [5, 5.41) is 3.33. The molecule has 130 valence electrons. The lowest BCUT2D eigenvalue weighted by atomic mass is 10.2. The van der Waals surface area contributed by atoms with Crippen molar-refractivity contribution in [1.82, 2.24) is 9.88 Å². The first-order valence-corrected chi connectivity index (χ1v) is 8.14. The number of benzene rings is 2. The number of para-hydroxylation sites is 1. The van der Waals surface area contributed by atoms with Gasteiger partial charge in [0.25, 0.3) is 0 Å². The first-order valence-electron chi connectivity index (χ1n) is 7.76. The van der Waals surface area contributed by atoms with Crippen molar-refractivity contribution < 1.29 is 13.9 Å². The highest BCUT2D eigenvalue weighted by Gasteiger charge is 2.12. The molecule has 0 aliphatic rings. The Balaban J connectivity index is 1.64. The van der Waals surface area contributed by atoms with Gasteiger partial charge in [-0.1, -0.05) is 29.8 Å². The Hall–Kier alpha value is -2.73. The number of aryl methyl sites for hydroxylation is 1. The van der Waals surface area contributed by atoms with Gasteiger partial charge in [0.2, 0.25) is 5.91 Å². The molecule has 7 heteroatoms. The first-order chi connectivity index (χ1) is 12.1. The third-order valence-corrected chi connectivity index (χ3v) is 4.10. The van der Waals surface area contributed by atoms with Crippen molar-refractivity contribution in [2.75, 3.05) is 7.11 Å². The van der Waals surface area contributed by atoms with Crippen LogP contribution in [0.5, 0.6) is 5.75 Å². The summed E-state index contributed by atoms with van der Waals surface area (Å²) in [5.74, 6) is 0.0402. The predicted octanol–water partition coefficient (Wildman–Crippen LogP) is 2.96. The zero-order chi connectivity index (χ0) is 17.8. The number of aromatic nitrogens is 1. The molecule has 0 fully saturated rings. The smallest absolute Gasteiger partial charge is 0.419 e. The van der Waals surface area contributed by atoms with Crippen molar-refractivity contribution >= 4 is 28.6 Å². The van der Waals surface area contributed by atoms with Gasteiger partial charge >= 0.3 is 5.76 Å². The second-order valence-electron chi connectivity index (χ2n) is 5.47. The Morgan fingerprint density at radius 3 is 2.88 bits per heavy atom. The average molecular weight is 361 g/mol. The fourth-order valence-electron chi connectivity index (χ4n) is 2.59. The number of oxazole rings is 1. The first kappa shape index (κ1) is 17.1. The predicted molar refractivity (Wildman–Crippen MR) is 94.9 cm³/mol. The van der Waals surface area contributed by atoms with Gasteiger partial charge in [-0.2, -0.15) is 0 Å². The summed E-state index contributed by atoms with van der Waals surface area (Å²) in [7, 11) is 1.59. The van der Waals surface area contributed by atoms with E-state index in [4.69, 9.17) is 20.8 Å². The van der Waals surface area contributed by atoms with E-state index in [1.54, 1.807) is 25.3 Å². The van der Waals surface area contributed by atoms with Crippen LogP contribution in [-0.2, 0) is 17.9 Å². The van der Waals surface area contributed by atoms with Crippen LogP contribution in [0.1, 0.15) is 12.0 Å². The number of carbonyl (C=O) groups is 1. The molecule has 0 aliphatic heterocycles. The Labute approximate surface area is 149 Å². The molecule has 3 rings (SSSR count). The number of ether oxygens (including phenoxy) is 1. The van der Waals surface area contributed by atoms with E-state index < -0.39 is 5.76 Å². The van der Waals surface area contributed by atoms with Crippen molar-refractivity contribution in [3.05, 3.63) is 63.6 Å². The van der Waals surface area contributed by atoms with Crippen molar-refractivity contribution in [3.63, 3.8) is 0 Å². The lowest BCUT2D eigenvalue weighted by molar-refractivity contribution is -0.121. The zero-order valence-corrected chi connectivity index (χ0v) is 14.4. The Kier molecular flexibility index (Phi) is 5.09. The minimum absolute atomic E-state index is 0.149. The molecule has 0 unspecified atom stereocenters. The van der Waals surface area contributed by atoms with E-state index in [0.29, 0.717) is 22.7 Å². The van der Waals surface area contributed by atoms with Crippen LogP contribution in [0.25, 0.3) is 11.1 Å². The van der Waals surface area contributed by atoms with Crippen LogP contribution in [0, 0.1) is 0 Å². The van der Waals surface area contributed by atoms with Gasteiger partial charge in [-0.3, -0.25) is 9.36 Å². The van der Waals surface area contributed by atoms with E-state index in [2.05, 4.69) is 5.32 Å². The molecule has 0 bridgehead atoms. The molecule has 1 heterocycles. The van der Waals surface area contributed by atoms with Gasteiger partial charge in [0.15, 0.2) is 5.58 Å². The summed E-state index contributed by atoms with van der Waals surface area (Å²) >= 11 is 5.96. The highest BCUT2D eigenvalue weighted by atomic mass is 35.5. The van der Waals surface area contributed by atoms with Crippen molar-refractivity contribution in [2.24, 2.45) is 0 Å². The van der Waals surface area contributed by atoms with Gasteiger partial charge in [0.1, 0.15) is 5.75 Å². The van der Waals surface area contributed by atoms with Gasteiger partial charge in [-0.15, -0.1) is 0 Å². The Bertz CT molecular complexity index is 961. The molecule has 0 saturated heterocycles. The highest BCUT2D eigenvalue weighted by molar-refractivity contribution is 6.31. The molecular formula is C18H17ClN2O4. The van der Waals surface area contributed by atoms with Gasteiger partial charge in [0, 0.05) is 30.1 Å². The summed E-state index contributed by atoms with van der Waals surface area (Å²) in [6.07, 6.45) is 0.149. The quantitative estimate of drug-likeness (QED) is 0.733. The van der Waals surface area contributed by atoms with Gasteiger partial charge in [-0.25, -0.2) is 4.79 Å². The normalized spacial score (nSPS) is 10.8. The SMILES string of the molecule is COc1ccccc1CNC(=O)CCn1c(=O)oc2ccc(Cl)cc21. The fraction of sp³-hybridized carbons (Fsp3) is 0.222. The largest absolute Gasteiger partial charge is 0.496 e. The van der Waals surface area contributed by atoms with E-state index in [9.17, 15) is 9.59 Å². The van der Waals surface area contributed by atoms with E-state index in [1.165, 1.54) is 4.57 Å². The van der Waals surface area contributed by atoms with Gasteiger partial charge < -0.3 is 14.5 Å². The molecule has 6 nitrogen and oxygen atoms in total. The number of methoxy groups -OCH3 is 1. The summed E-state index contributed by atoms with van der Waals surface area (Å²) in [4.78, 5) is 24.0. The van der Waals surface area contributed by atoms with Crippen LogP contribution in [0.4, 0.5) is 0 Å². The lowest BCUT2D eigenvalue weighted by Crippen LogP contribution is -2.26. The maximum absolute atomic E-state index is 12.1. The topological polar surface area (TPSA) is 73.5 Å². The summed E-state index contributed by atoms with van der Waals surface area (Å²) in [6.45, 7) is 0.569. The molecule has 1 aromatic heterocycles. The summed E-state index contributed by atoms with van der Waals surface area (Å²) < 4.78 is 11.8. The molecule has 0 aliphatic carbocycles. The number of halogens is 1. The van der Waals surface area contributed by atoms with Crippen LogP contribution in [0.15, 0.2) is 51.7 Å². The van der Waals surface area contributed by atoms with Crippen LogP contribution in [0.2, 0.25) is 5.02 Å². The number of nitrogens with zero attached hydrogens (tertiary/aromatic N) is 1. The van der Waals surface area contributed by atoms with Crippen molar-refractivity contribution in [2.45, 2.75) is 19.5 Å². The monoisotopic (exact) mass is 360 g/mol. The molecule has 25 heavy (non-hydrogen) atoms. The number of hydrogen-bond donors (Lipinski definition) is 1. The molecular weight excluding hydrogens is 344 g/mol.